The topological polar surface area (TPSA) is 279 Å². The number of rotatable bonds is 7. The average Bonchev–Trinajstić information content (AvgIpc) is 3.08. The van der Waals surface area contributed by atoms with Crippen molar-refractivity contribution in [2.24, 2.45) is 10.9 Å². The standard InChI is InChI=1S/C35H38N2O15/c1-12-7-14-8-20(41)35(51-4)31(47)23-16(30(46)34(35,49)24(14)28(45)21(12)32(48)36-5-6-38)9-15-22(27(23)44)19(40)10-18(25(15)42)37-33-17(11-39)26(43)29(50-3)13(2)52-33/h7,9,13,17,20,26,29,33,38-39,41,43-45,49H,5-6,8,10-11H2,1-4H3,(H,36,48)/t13-,17+,20+,26-,29-,33?,34-,35+/m0/s1. The summed E-state index contributed by atoms with van der Waals surface area (Å²) in [6.45, 7) is 1.71. The maximum atomic E-state index is 14.7. The number of phenolic OH excluding ortho intramolecular Hbond substituents is 2. The van der Waals surface area contributed by atoms with Crippen molar-refractivity contribution < 1.29 is 73.9 Å². The Morgan fingerprint density at radius 1 is 1.04 bits per heavy atom. The molecule has 1 aliphatic heterocycles. The van der Waals surface area contributed by atoms with Crippen LogP contribution in [0.3, 0.4) is 0 Å². The highest BCUT2D eigenvalue weighted by atomic mass is 16.6. The number of hydrogen-bond acceptors (Lipinski definition) is 16. The van der Waals surface area contributed by atoms with Crippen molar-refractivity contribution in [1.29, 1.82) is 0 Å². The molecule has 6 rings (SSSR count). The van der Waals surface area contributed by atoms with E-state index in [-0.39, 0.29) is 17.7 Å². The van der Waals surface area contributed by atoms with Gasteiger partial charge in [0.25, 0.3) is 5.91 Å². The number of amides is 1. The highest BCUT2D eigenvalue weighted by molar-refractivity contribution is 6.53. The van der Waals surface area contributed by atoms with E-state index in [1.807, 2.05) is 0 Å². The smallest absolute Gasteiger partial charge is 0.255 e. The molecule has 0 spiro atoms. The molecule has 8 N–H and O–H groups in total. The van der Waals surface area contributed by atoms with E-state index in [0.29, 0.717) is 0 Å². The fraction of sp³-hybridized carbons (Fsp3) is 0.486. The number of phenols is 2. The largest absolute Gasteiger partial charge is 0.507 e. The van der Waals surface area contributed by atoms with Gasteiger partial charge >= 0.3 is 0 Å². The predicted molar refractivity (Wildman–Crippen MR) is 175 cm³/mol. The van der Waals surface area contributed by atoms with Crippen LogP contribution >= 0.6 is 0 Å². The van der Waals surface area contributed by atoms with Crippen LogP contribution in [0.25, 0.3) is 0 Å². The van der Waals surface area contributed by atoms with Crippen LogP contribution in [0.5, 0.6) is 11.5 Å². The van der Waals surface area contributed by atoms with Gasteiger partial charge in [-0.05, 0) is 31.0 Å². The molecule has 1 heterocycles. The lowest BCUT2D eigenvalue weighted by molar-refractivity contribution is -0.206. The minimum Gasteiger partial charge on any atom is -0.507 e. The van der Waals surface area contributed by atoms with Crippen LogP contribution in [0, 0.1) is 12.8 Å². The summed E-state index contributed by atoms with van der Waals surface area (Å²) in [5, 5.41) is 79.4. The Morgan fingerprint density at radius 3 is 2.35 bits per heavy atom. The summed E-state index contributed by atoms with van der Waals surface area (Å²) in [5.74, 6) is -8.65. The number of aliphatic hydroxyl groups excluding tert-OH is 4. The summed E-state index contributed by atoms with van der Waals surface area (Å²) in [4.78, 5) is 74.0. The number of nitrogens with one attached hydrogen (secondary N) is 1. The Morgan fingerprint density at radius 2 is 1.73 bits per heavy atom. The van der Waals surface area contributed by atoms with Crippen LogP contribution < -0.4 is 5.32 Å². The average molecular weight is 727 g/mol. The van der Waals surface area contributed by atoms with E-state index >= 15 is 0 Å². The first-order valence-electron chi connectivity index (χ1n) is 16.4. The minimum absolute atomic E-state index is 0.0260. The molecular formula is C35H38N2O15. The van der Waals surface area contributed by atoms with Crippen LogP contribution in [0.1, 0.15) is 81.8 Å². The summed E-state index contributed by atoms with van der Waals surface area (Å²) in [7, 11) is 2.24. The highest BCUT2D eigenvalue weighted by Gasteiger charge is 2.72. The molecule has 0 radical (unpaired) electrons. The molecule has 1 amide bonds. The monoisotopic (exact) mass is 726 g/mol. The predicted octanol–water partition coefficient (Wildman–Crippen LogP) is -1.36. The molecule has 8 atom stereocenters. The number of methoxy groups -OCH3 is 2. The number of aliphatic imine (C=N–C) groups is 1. The van der Waals surface area contributed by atoms with Gasteiger partial charge in [0.15, 0.2) is 23.2 Å². The molecule has 2 aromatic rings. The summed E-state index contributed by atoms with van der Waals surface area (Å²) >= 11 is 0. The zero-order chi connectivity index (χ0) is 38.2. The first-order chi connectivity index (χ1) is 24.6. The van der Waals surface area contributed by atoms with Crippen molar-refractivity contribution in [3.63, 3.8) is 0 Å². The first kappa shape index (κ1) is 37.3. The number of fused-ring (bicyclic) bond motifs is 5. The molecular weight excluding hydrogens is 688 g/mol. The maximum Gasteiger partial charge on any atom is 0.255 e. The Bertz CT molecular complexity index is 1960. The summed E-state index contributed by atoms with van der Waals surface area (Å²) < 4.78 is 16.6. The van der Waals surface area contributed by atoms with Crippen LogP contribution in [0.15, 0.2) is 17.1 Å². The molecule has 1 saturated heterocycles. The van der Waals surface area contributed by atoms with Gasteiger partial charge in [-0.1, -0.05) is 6.07 Å². The SMILES string of the molecule is CO[C@@H]1[C@@H](O)[C@@H](CO)C(N=C2CC(=O)c3c(cc4c(c3O)C(=O)[C@]3(OC)[C@H](O)Cc5cc(C)c(C(=O)NCCO)c(O)c5[C@]3(O)C4=O)C2=O)O[C@H]1C. The molecule has 17 heteroatoms. The van der Waals surface area contributed by atoms with E-state index in [0.717, 1.165) is 13.2 Å². The fourth-order valence-electron chi connectivity index (χ4n) is 8.13. The Hall–Kier alpha value is -4.46. The number of aliphatic hydroxyl groups is 5. The number of aryl methyl sites for hydroxylation is 1. The summed E-state index contributed by atoms with van der Waals surface area (Å²) in [6.07, 6.45) is -7.35. The first-order valence-corrected chi connectivity index (χ1v) is 16.4. The van der Waals surface area contributed by atoms with E-state index in [9.17, 15) is 59.7 Å². The number of aromatic hydroxyl groups is 2. The number of Topliss-reactive ketones (excluding diaryl/α,β-unsaturated/α-hetero) is 4. The molecule has 278 valence electrons. The van der Waals surface area contributed by atoms with Crippen molar-refractivity contribution in [2.75, 3.05) is 34.0 Å². The van der Waals surface area contributed by atoms with Crippen LogP contribution in [-0.2, 0) is 26.2 Å². The molecule has 1 fully saturated rings. The molecule has 0 bridgehead atoms. The van der Waals surface area contributed by atoms with Gasteiger partial charge in [0, 0.05) is 43.9 Å². The Kier molecular flexibility index (Phi) is 9.46. The van der Waals surface area contributed by atoms with E-state index in [4.69, 9.17) is 14.2 Å². The third kappa shape index (κ3) is 4.92. The molecule has 2 aromatic carbocycles. The zero-order valence-corrected chi connectivity index (χ0v) is 28.5. The van der Waals surface area contributed by atoms with Gasteiger partial charge in [0.1, 0.15) is 17.6 Å². The molecule has 0 saturated carbocycles. The van der Waals surface area contributed by atoms with Crippen molar-refractivity contribution in [3.8, 4) is 11.5 Å². The van der Waals surface area contributed by atoms with Crippen molar-refractivity contribution >= 4 is 34.8 Å². The van der Waals surface area contributed by atoms with Crippen LogP contribution in [0.4, 0.5) is 0 Å². The number of carbonyl (C=O) groups is 5. The lowest BCUT2D eigenvalue weighted by Gasteiger charge is -2.53. The van der Waals surface area contributed by atoms with Gasteiger partial charge in [0.2, 0.25) is 17.3 Å². The molecule has 52 heavy (non-hydrogen) atoms. The number of ketones is 4. The summed E-state index contributed by atoms with van der Waals surface area (Å²) in [5.41, 5.74) is -10.3. The van der Waals surface area contributed by atoms with Crippen LogP contribution in [0.2, 0.25) is 0 Å². The van der Waals surface area contributed by atoms with E-state index in [1.165, 1.54) is 20.1 Å². The van der Waals surface area contributed by atoms with E-state index < -0.39 is 153 Å². The van der Waals surface area contributed by atoms with Gasteiger partial charge in [-0.15, -0.1) is 0 Å². The maximum absolute atomic E-state index is 14.7. The number of hydrogen-bond donors (Lipinski definition) is 8. The fourth-order valence-corrected chi connectivity index (χ4v) is 8.13. The third-order valence-electron chi connectivity index (χ3n) is 10.6. The number of carbonyl (C=O) groups excluding carboxylic acids is 5. The highest BCUT2D eigenvalue weighted by Crippen LogP contribution is 2.56. The van der Waals surface area contributed by atoms with Crippen molar-refractivity contribution in [1.82, 2.24) is 5.32 Å². The van der Waals surface area contributed by atoms with Gasteiger partial charge in [0.05, 0.1) is 66.3 Å². The summed E-state index contributed by atoms with van der Waals surface area (Å²) in [6, 6.07) is 2.15. The molecule has 3 aliphatic carbocycles. The number of benzene rings is 2. The molecule has 1 unspecified atom stereocenters. The quantitative estimate of drug-likeness (QED) is 0.164. The second kappa shape index (κ2) is 13.2. The van der Waals surface area contributed by atoms with Gasteiger partial charge in [-0.3, -0.25) is 29.0 Å². The Balaban J connectivity index is 1.53. The Labute approximate surface area is 295 Å². The molecule has 17 nitrogen and oxygen atoms in total. The zero-order valence-electron chi connectivity index (χ0n) is 28.5. The van der Waals surface area contributed by atoms with Gasteiger partial charge in [-0.25, -0.2) is 0 Å². The second-order valence-corrected chi connectivity index (χ2v) is 13.3. The number of ether oxygens (including phenoxy) is 3. The number of nitrogens with zero attached hydrogens (tertiary/aromatic N) is 1. The van der Waals surface area contributed by atoms with E-state index in [2.05, 4.69) is 10.3 Å². The normalized spacial score (nSPS) is 31.9. The van der Waals surface area contributed by atoms with Crippen molar-refractivity contribution in [3.05, 3.63) is 56.6 Å². The molecule has 0 aromatic heterocycles. The van der Waals surface area contributed by atoms with Gasteiger partial charge in [-0.2, -0.15) is 0 Å². The molecule has 4 aliphatic rings. The van der Waals surface area contributed by atoms with Crippen molar-refractivity contribution in [2.45, 2.75) is 68.5 Å². The third-order valence-corrected chi connectivity index (χ3v) is 10.6. The minimum atomic E-state index is -3.27. The lowest BCUT2D eigenvalue weighted by atomic mass is 9.56. The van der Waals surface area contributed by atoms with Crippen LogP contribution in [-0.4, -0.2) is 141 Å². The van der Waals surface area contributed by atoms with Gasteiger partial charge < -0.3 is 55.3 Å². The van der Waals surface area contributed by atoms with E-state index in [1.54, 1.807) is 6.92 Å². The second-order valence-electron chi connectivity index (χ2n) is 13.3. The lowest BCUT2D eigenvalue weighted by Crippen LogP contribution is -2.73.